The van der Waals surface area contributed by atoms with Crippen molar-refractivity contribution in [2.75, 3.05) is 5.32 Å². The number of H-pyrrole nitrogens is 1. The van der Waals surface area contributed by atoms with Gasteiger partial charge in [-0.25, -0.2) is 4.98 Å². The number of nitrogens with zero attached hydrogens (tertiary/aromatic N) is 1. The molecule has 0 radical (unpaired) electrons. The lowest BCUT2D eigenvalue weighted by molar-refractivity contribution is -0.0338. The maximum atomic E-state index is 5.67. The van der Waals surface area contributed by atoms with Crippen LogP contribution in [0.4, 0.5) is 5.82 Å². The van der Waals surface area contributed by atoms with Crippen LogP contribution in [0.25, 0.3) is 0 Å². The number of hydrogen-bond acceptors (Lipinski definition) is 3. The second-order valence-electron chi connectivity index (χ2n) is 4.04. The van der Waals surface area contributed by atoms with Gasteiger partial charge in [0.1, 0.15) is 5.82 Å². The van der Waals surface area contributed by atoms with Crippen LogP contribution >= 0.6 is 0 Å². The molecule has 2 N–H and O–H groups in total. The minimum Gasteiger partial charge on any atom is -0.375 e. The summed E-state index contributed by atoms with van der Waals surface area (Å²) in [5.74, 6) is 0.997. The molecule has 0 saturated carbocycles. The average Bonchev–Trinajstić information content (AvgIpc) is 2.54. The Morgan fingerprint density at radius 3 is 2.71 bits per heavy atom. The van der Waals surface area contributed by atoms with Gasteiger partial charge in [0.2, 0.25) is 0 Å². The lowest BCUT2D eigenvalue weighted by Crippen LogP contribution is -2.36. The van der Waals surface area contributed by atoms with Gasteiger partial charge >= 0.3 is 0 Å². The highest BCUT2D eigenvalue weighted by molar-refractivity contribution is 5.32. The van der Waals surface area contributed by atoms with Gasteiger partial charge in [-0.05, 0) is 26.7 Å². The Bertz CT molecular complexity index is 263. The summed E-state index contributed by atoms with van der Waals surface area (Å²) >= 11 is 0. The smallest absolute Gasteiger partial charge is 0.123 e. The van der Waals surface area contributed by atoms with Gasteiger partial charge in [0, 0.05) is 6.04 Å². The minimum atomic E-state index is 0.346. The van der Waals surface area contributed by atoms with Gasteiger partial charge in [0.25, 0.3) is 0 Å². The predicted octanol–water partition coefficient (Wildman–Crippen LogP) is 1.78. The topological polar surface area (TPSA) is 49.9 Å². The molecule has 2 unspecified atom stereocenters. The molecule has 0 aliphatic carbocycles. The Kier molecular flexibility index (Phi) is 2.72. The van der Waals surface area contributed by atoms with E-state index in [0.29, 0.717) is 18.2 Å². The number of imidazole rings is 1. The van der Waals surface area contributed by atoms with E-state index < -0.39 is 0 Å². The fraction of sp³-hybridized carbons (Fsp3) is 0.700. The minimum absolute atomic E-state index is 0.346. The van der Waals surface area contributed by atoms with E-state index in [4.69, 9.17) is 4.74 Å². The molecule has 78 valence electrons. The summed E-state index contributed by atoms with van der Waals surface area (Å²) in [5.41, 5.74) is 0. The molecule has 4 heteroatoms. The standard InChI is InChI=1S/C10H17N3O/c1-7-3-9(4-8(2)14-7)13-10-5-11-6-12-10/h5-9,13H,3-4H2,1-2H3,(H,11,12). The number of rotatable bonds is 2. The molecular formula is C10H17N3O. The zero-order chi connectivity index (χ0) is 9.97. The summed E-state index contributed by atoms with van der Waals surface area (Å²) < 4.78 is 5.67. The first-order valence-electron chi connectivity index (χ1n) is 5.14. The third-order valence-electron chi connectivity index (χ3n) is 2.56. The van der Waals surface area contributed by atoms with Crippen LogP contribution in [0.5, 0.6) is 0 Å². The van der Waals surface area contributed by atoms with Gasteiger partial charge < -0.3 is 15.0 Å². The average molecular weight is 195 g/mol. The van der Waals surface area contributed by atoms with E-state index in [1.165, 1.54) is 0 Å². The highest BCUT2D eigenvalue weighted by Crippen LogP contribution is 2.21. The molecule has 0 bridgehead atoms. The summed E-state index contributed by atoms with van der Waals surface area (Å²) in [6.07, 6.45) is 6.31. The number of aromatic nitrogens is 2. The summed E-state index contributed by atoms with van der Waals surface area (Å²) in [5, 5.41) is 3.42. The molecule has 0 spiro atoms. The van der Waals surface area contributed by atoms with Crippen LogP contribution in [-0.4, -0.2) is 28.2 Å². The first-order valence-corrected chi connectivity index (χ1v) is 5.14. The van der Waals surface area contributed by atoms with Crippen LogP contribution < -0.4 is 5.32 Å². The molecule has 2 atom stereocenters. The largest absolute Gasteiger partial charge is 0.375 e. The van der Waals surface area contributed by atoms with Gasteiger partial charge in [0.15, 0.2) is 0 Å². The third kappa shape index (κ3) is 2.26. The Hall–Kier alpha value is -1.03. The van der Waals surface area contributed by atoms with E-state index in [1.807, 2.05) is 6.20 Å². The maximum absolute atomic E-state index is 5.67. The SMILES string of the molecule is CC1CC(Nc2cnc[nH]2)CC(C)O1. The Labute approximate surface area is 84.1 Å². The number of hydrogen-bond donors (Lipinski definition) is 2. The molecule has 2 heterocycles. The molecular weight excluding hydrogens is 178 g/mol. The van der Waals surface area contributed by atoms with Crippen molar-refractivity contribution in [2.45, 2.75) is 44.9 Å². The Balaban J connectivity index is 1.91. The van der Waals surface area contributed by atoms with Gasteiger partial charge in [-0.15, -0.1) is 0 Å². The van der Waals surface area contributed by atoms with E-state index in [9.17, 15) is 0 Å². The highest BCUT2D eigenvalue weighted by atomic mass is 16.5. The lowest BCUT2D eigenvalue weighted by atomic mass is 10.00. The van der Waals surface area contributed by atoms with E-state index in [0.717, 1.165) is 18.7 Å². The zero-order valence-electron chi connectivity index (χ0n) is 8.66. The molecule has 0 aromatic carbocycles. The molecule has 1 saturated heterocycles. The summed E-state index contributed by atoms with van der Waals surface area (Å²) in [7, 11) is 0. The van der Waals surface area contributed by atoms with Crippen molar-refractivity contribution in [1.29, 1.82) is 0 Å². The molecule has 2 rings (SSSR count). The predicted molar refractivity (Wildman–Crippen MR) is 55.2 cm³/mol. The van der Waals surface area contributed by atoms with Crippen molar-refractivity contribution in [3.05, 3.63) is 12.5 Å². The van der Waals surface area contributed by atoms with Gasteiger partial charge in [-0.1, -0.05) is 0 Å². The fourth-order valence-electron chi connectivity index (χ4n) is 2.08. The number of ether oxygens (including phenoxy) is 1. The summed E-state index contributed by atoms with van der Waals surface area (Å²) in [6, 6.07) is 0.495. The van der Waals surface area contributed by atoms with E-state index in [1.54, 1.807) is 6.33 Å². The van der Waals surface area contributed by atoms with Crippen molar-refractivity contribution < 1.29 is 4.74 Å². The number of nitrogens with one attached hydrogen (secondary N) is 2. The Morgan fingerprint density at radius 1 is 1.43 bits per heavy atom. The van der Waals surface area contributed by atoms with Crippen LogP contribution in [-0.2, 0) is 4.74 Å². The van der Waals surface area contributed by atoms with E-state index in [2.05, 4.69) is 29.1 Å². The first kappa shape index (κ1) is 9.52. The van der Waals surface area contributed by atoms with Crippen LogP contribution in [0.3, 0.4) is 0 Å². The van der Waals surface area contributed by atoms with E-state index >= 15 is 0 Å². The third-order valence-corrected chi connectivity index (χ3v) is 2.56. The van der Waals surface area contributed by atoms with Crippen molar-refractivity contribution >= 4 is 5.82 Å². The van der Waals surface area contributed by atoms with E-state index in [-0.39, 0.29) is 0 Å². The second kappa shape index (κ2) is 4.00. The van der Waals surface area contributed by atoms with Crippen molar-refractivity contribution in [1.82, 2.24) is 9.97 Å². The van der Waals surface area contributed by atoms with Crippen molar-refractivity contribution in [3.63, 3.8) is 0 Å². The van der Waals surface area contributed by atoms with Crippen LogP contribution in [0.1, 0.15) is 26.7 Å². The van der Waals surface area contributed by atoms with Crippen LogP contribution in [0.15, 0.2) is 12.5 Å². The Morgan fingerprint density at radius 2 is 2.14 bits per heavy atom. The van der Waals surface area contributed by atoms with Gasteiger partial charge in [0.05, 0.1) is 24.7 Å². The molecule has 4 nitrogen and oxygen atoms in total. The molecule has 1 fully saturated rings. The van der Waals surface area contributed by atoms with Crippen LogP contribution in [0, 0.1) is 0 Å². The van der Waals surface area contributed by atoms with Crippen molar-refractivity contribution in [2.24, 2.45) is 0 Å². The quantitative estimate of drug-likeness (QED) is 0.756. The second-order valence-corrected chi connectivity index (χ2v) is 4.04. The summed E-state index contributed by atoms with van der Waals surface area (Å²) in [6.45, 7) is 4.24. The monoisotopic (exact) mass is 195 g/mol. The first-order chi connectivity index (χ1) is 6.74. The molecule has 1 aliphatic heterocycles. The van der Waals surface area contributed by atoms with Gasteiger partial charge in [-0.3, -0.25) is 0 Å². The highest BCUT2D eigenvalue weighted by Gasteiger charge is 2.24. The normalized spacial score (nSPS) is 32.9. The van der Waals surface area contributed by atoms with Gasteiger partial charge in [-0.2, -0.15) is 0 Å². The molecule has 1 aromatic heterocycles. The lowest BCUT2D eigenvalue weighted by Gasteiger charge is -2.32. The molecule has 14 heavy (non-hydrogen) atoms. The molecule has 1 aliphatic rings. The number of aromatic amines is 1. The zero-order valence-corrected chi connectivity index (χ0v) is 8.66. The fourth-order valence-corrected chi connectivity index (χ4v) is 2.08. The molecule has 0 amide bonds. The van der Waals surface area contributed by atoms with Crippen LogP contribution in [0.2, 0.25) is 0 Å². The number of anilines is 1. The summed E-state index contributed by atoms with van der Waals surface area (Å²) in [4.78, 5) is 7.03. The van der Waals surface area contributed by atoms with Crippen molar-refractivity contribution in [3.8, 4) is 0 Å². The maximum Gasteiger partial charge on any atom is 0.123 e. The molecule has 1 aromatic rings.